The van der Waals surface area contributed by atoms with Crippen LogP contribution in [-0.4, -0.2) is 35.6 Å². The lowest BCUT2D eigenvalue weighted by molar-refractivity contribution is -0.140. The summed E-state index contributed by atoms with van der Waals surface area (Å²) in [5, 5.41) is 31.9. The zero-order valence-electron chi connectivity index (χ0n) is 19.0. The number of rotatable bonds is 7. The van der Waals surface area contributed by atoms with E-state index >= 15 is 0 Å². The van der Waals surface area contributed by atoms with E-state index in [0.717, 1.165) is 34.4 Å². The Morgan fingerprint density at radius 2 is 1.64 bits per heavy atom. The average Bonchev–Trinajstić information content (AvgIpc) is 3.19. The minimum Gasteiger partial charge on any atom is -0.449 e. The zero-order valence-corrected chi connectivity index (χ0v) is 19.0. The van der Waals surface area contributed by atoms with E-state index in [0.29, 0.717) is 6.07 Å². The number of nitriles is 1. The lowest BCUT2D eigenvalue weighted by atomic mass is 9.95. The summed E-state index contributed by atoms with van der Waals surface area (Å²) in [6.45, 7) is -0.0439. The van der Waals surface area contributed by atoms with E-state index in [-0.39, 0.29) is 31.1 Å². The first-order valence-corrected chi connectivity index (χ1v) is 11.3. The maximum Gasteiger partial charge on any atom is 0.416 e. The second-order valence-electron chi connectivity index (χ2n) is 8.46. The lowest BCUT2D eigenvalue weighted by Crippen LogP contribution is -2.31. The van der Waals surface area contributed by atoms with Gasteiger partial charge in [0.05, 0.1) is 23.3 Å². The fourth-order valence-corrected chi connectivity index (χ4v) is 4.47. The summed E-state index contributed by atoms with van der Waals surface area (Å²) in [4.78, 5) is 12.2. The van der Waals surface area contributed by atoms with Crippen molar-refractivity contribution in [3.05, 3.63) is 94.5 Å². The van der Waals surface area contributed by atoms with Gasteiger partial charge in [0.1, 0.15) is 12.7 Å². The number of ether oxygens (including phenoxy) is 1. The third-order valence-corrected chi connectivity index (χ3v) is 6.22. The molecule has 0 bridgehead atoms. The Balaban J connectivity index is 1.32. The van der Waals surface area contributed by atoms with Gasteiger partial charge in [-0.3, -0.25) is 0 Å². The molecule has 0 heterocycles. The highest BCUT2D eigenvalue weighted by molar-refractivity contribution is 5.79. The van der Waals surface area contributed by atoms with Crippen molar-refractivity contribution < 1.29 is 32.9 Å². The number of nitrogens with one attached hydrogen (secondary N) is 1. The molecule has 0 radical (unpaired) electrons. The Kier molecular flexibility index (Phi) is 7.29. The van der Waals surface area contributed by atoms with Gasteiger partial charge in [-0.2, -0.15) is 18.4 Å². The van der Waals surface area contributed by atoms with Crippen LogP contribution >= 0.6 is 0 Å². The molecule has 0 saturated heterocycles. The molecule has 3 N–H and O–H groups in total. The molecule has 3 aromatic rings. The topological polar surface area (TPSA) is 103 Å². The van der Waals surface area contributed by atoms with Crippen LogP contribution < -0.4 is 5.32 Å². The van der Waals surface area contributed by atoms with Gasteiger partial charge in [-0.05, 0) is 46.4 Å². The fraction of sp³-hybridized carbons (Fsp3) is 0.259. The number of benzene rings is 3. The lowest BCUT2D eigenvalue weighted by Gasteiger charge is -2.22. The molecule has 1 aliphatic carbocycles. The van der Waals surface area contributed by atoms with Gasteiger partial charge in [-0.1, -0.05) is 54.6 Å². The van der Waals surface area contributed by atoms with Crippen molar-refractivity contribution in [2.24, 2.45) is 0 Å². The van der Waals surface area contributed by atoms with Crippen molar-refractivity contribution in [2.75, 3.05) is 13.2 Å². The number of aliphatic hydroxyl groups is 2. The third kappa shape index (κ3) is 5.20. The molecule has 0 aliphatic heterocycles. The molecule has 9 heteroatoms. The van der Waals surface area contributed by atoms with E-state index < -0.39 is 35.6 Å². The predicted octanol–water partition coefficient (Wildman–Crippen LogP) is 4.90. The van der Waals surface area contributed by atoms with Crippen LogP contribution in [0.3, 0.4) is 0 Å². The highest BCUT2D eigenvalue weighted by atomic mass is 19.4. The van der Waals surface area contributed by atoms with E-state index in [9.17, 15) is 28.2 Å². The summed E-state index contributed by atoms with van der Waals surface area (Å²) in [5.41, 5.74) is 2.30. The molecule has 0 fully saturated rings. The van der Waals surface area contributed by atoms with Gasteiger partial charge >= 0.3 is 12.3 Å². The number of hydrogen-bond donors (Lipinski definition) is 3. The molecule has 2 atom stereocenters. The summed E-state index contributed by atoms with van der Waals surface area (Å²) < 4.78 is 45.5. The van der Waals surface area contributed by atoms with Crippen molar-refractivity contribution in [2.45, 2.75) is 30.7 Å². The van der Waals surface area contributed by atoms with Crippen LogP contribution in [0.1, 0.15) is 46.3 Å². The van der Waals surface area contributed by atoms with Crippen LogP contribution in [-0.2, 0) is 10.9 Å². The van der Waals surface area contributed by atoms with E-state index in [1.807, 2.05) is 48.5 Å². The Bertz CT molecular complexity index is 1260. The average molecular weight is 496 g/mol. The van der Waals surface area contributed by atoms with Gasteiger partial charge in [-0.15, -0.1) is 0 Å². The molecule has 1 amide bonds. The Morgan fingerprint density at radius 3 is 2.22 bits per heavy atom. The van der Waals surface area contributed by atoms with Crippen molar-refractivity contribution >= 4 is 6.09 Å². The first-order chi connectivity index (χ1) is 17.2. The highest BCUT2D eigenvalue weighted by Gasteiger charge is 2.37. The SMILES string of the molecule is N#Cc1ccc(C(O)C(O)CCNC(=O)OCC2c3ccccc3-c3ccccc32)c(C(F)(F)F)c1. The molecular weight excluding hydrogens is 473 g/mol. The van der Waals surface area contributed by atoms with Crippen LogP contribution in [0.4, 0.5) is 18.0 Å². The molecular formula is C27H23F3N2O4. The third-order valence-electron chi connectivity index (χ3n) is 6.22. The summed E-state index contributed by atoms with van der Waals surface area (Å²) in [6, 6.07) is 20.1. The first kappa shape index (κ1) is 25.2. The normalized spacial score (nSPS) is 14.3. The maximum atomic E-state index is 13.4. The molecule has 2 unspecified atom stereocenters. The quantitative estimate of drug-likeness (QED) is 0.432. The number of aliphatic hydroxyl groups excluding tert-OH is 2. The monoisotopic (exact) mass is 496 g/mol. The van der Waals surface area contributed by atoms with Gasteiger partial charge in [0.2, 0.25) is 0 Å². The second-order valence-corrected chi connectivity index (χ2v) is 8.46. The summed E-state index contributed by atoms with van der Waals surface area (Å²) in [5.74, 6) is -0.132. The van der Waals surface area contributed by atoms with Crippen LogP contribution in [0, 0.1) is 11.3 Å². The highest BCUT2D eigenvalue weighted by Crippen LogP contribution is 2.44. The van der Waals surface area contributed by atoms with Gasteiger partial charge in [-0.25, -0.2) is 4.79 Å². The van der Waals surface area contributed by atoms with E-state index in [1.165, 1.54) is 0 Å². The number of carbonyl (C=O) groups is 1. The molecule has 186 valence electrons. The summed E-state index contributed by atoms with van der Waals surface area (Å²) in [7, 11) is 0. The largest absolute Gasteiger partial charge is 0.449 e. The van der Waals surface area contributed by atoms with Gasteiger partial charge in [0, 0.05) is 12.5 Å². The van der Waals surface area contributed by atoms with Gasteiger partial charge < -0.3 is 20.3 Å². The summed E-state index contributed by atoms with van der Waals surface area (Å²) in [6.07, 6.45) is -9.23. The molecule has 0 aromatic heterocycles. The molecule has 36 heavy (non-hydrogen) atoms. The smallest absolute Gasteiger partial charge is 0.416 e. The van der Waals surface area contributed by atoms with Crippen molar-refractivity contribution in [3.8, 4) is 17.2 Å². The standard InChI is InChI=1S/C27H23F3N2O4/c28-27(29,30)23-13-16(14-31)9-10-21(23)25(34)24(33)11-12-32-26(35)36-15-22-19-7-3-1-5-17(19)18-6-2-4-8-20(18)22/h1-10,13,22,24-25,33-34H,11-12,15H2,(H,32,35). The summed E-state index contributed by atoms with van der Waals surface area (Å²) >= 11 is 0. The number of fused-ring (bicyclic) bond motifs is 3. The zero-order chi connectivity index (χ0) is 25.9. The van der Waals surface area contributed by atoms with E-state index in [2.05, 4.69) is 5.32 Å². The number of alkyl halides is 3. The van der Waals surface area contributed by atoms with Crippen molar-refractivity contribution in [1.29, 1.82) is 5.26 Å². The Labute approximate surface area is 205 Å². The molecule has 1 aliphatic rings. The predicted molar refractivity (Wildman–Crippen MR) is 125 cm³/mol. The number of nitrogens with zero attached hydrogens (tertiary/aromatic N) is 1. The number of carbonyl (C=O) groups excluding carboxylic acids is 1. The Morgan fingerprint density at radius 1 is 1.03 bits per heavy atom. The maximum absolute atomic E-state index is 13.4. The fourth-order valence-electron chi connectivity index (χ4n) is 4.47. The van der Waals surface area contributed by atoms with Crippen LogP contribution in [0.15, 0.2) is 66.7 Å². The molecule has 4 rings (SSSR count). The Hall–Kier alpha value is -3.87. The molecule has 3 aromatic carbocycles. The molecule has 0 spiro atoms. The van der Waals surface area contributed by atoms with E-state index in [4.69, 9.17) is 10.00 Å². The van der Waals surface area contributed by atoms with Crippen LogP contribution in [0.25, 0.3) is 11.1 Å². The number of halogens is 3. The minimum absolute atomic E-state index is 0.0885. The molecule has 0 saturated carbocycles. The van der Waals surface area contributed by atoms with Crippen LogP contribution in [0.2, 0.25) is 0 Å². The van der Waals surface area contributed by atoms with Crippen molar-refractivity contribution in [1.82, 2.24) is 5.32 Å². The van der Waals surface area contributed by atoms with Crippen LogP contribution in [0.5, 0.6) is 0 Å². The second kappa shape index (κ2) is 10.4. The van der Waals surface area contributed by atoms with Gasteiger partial charge in [0.25, 0.3) is 0 Å². The number of hydrogen-bond acceptors (Lipinski definition) is 5. The van der Waals surface area contributed by atoms with Crippen molar-refractivity contribution in [3.63, 3.8) is 0 Å². The minimum atomic E-state index is -4.82. The number of amides is 1. The first-order valence-electron chi connectivity index (χ1n) is 11.3. The molecule has 6 nitrogen and oxygen atoms in total. The van der Waals surface area contributed by atoms with Gasteiger partial charge in [0.15, 0.2) is 0 Å². The number of alkyl carbamates (subject to hydrolysis) is 1. The van der Waals surface area contributed by atoms with E-state index in [1.54, 1.807) is 6.07 Å².